The first-order chi connectivity index (χ1) is 19.1. The second-order valence-corrected chi connectivity index (χ2v) is 9.80. The van der Waals surface area contributed by atoms with Crippen LogP contribution in [0.4, 0.5) is 39.0 Å². The Morgan fingerprint density at radius 2 is 1.59 bits per heavy atom. The molecule has 0 spiro atoms. The highest BCUT2D eigenvalue weighted by Crippen LogP contribution is 2.39. The second kappa shape index (κ2) is 11.1. The van der Waals surface area contributed by atoms with E-state index >= 15 is 0 Å². The van der Waals surface area contributed by atoms with Crippen LogP contribution in [0.3, 0.4) is 0 Å². The molecular weight excluding hydrogens is 551 g/mol. The van der Waals surface area contributed by atoms with E-state index < -0.39 is 53.0 Å². The molecule has 1 aliphatic heterocycles. The number of hydrogen-bond acceptors (Lipinski definition) is 5. The molecule has 1 atom stereocenters. The van der Waals surface area contributed by atoms with Crippen LogP contribution >= 0.6 is 0 Å². The van der Waals surface area contributed by atoms with Crippen molar-refractivity contribution in [1.82, 2.24) is 10.6 Å². The molecule has 216 valence electrons. The van der Waals surface area contributed by atoms with Crippen LogP contribution in [-0.2, 0) is 9.59 Å². The number of fused-ring (bicyclic) bond motifs is 1. The molecule has 8 nitrogen and oxygen atoms in total. The number of amides is 3. The molecule has 0 aliphatic carbocycles. The van der Waals surface area contributed by atoms with E-state index in [0.717, 1.165) is 41.3 Å². The first-order valence-corrected chi connectivity index (χ1v) is 12.2. The molecule has 13 heteroatoms. The summed E-state index contributed by atoms with van der Waals surface area (Å²) in [6.45, 7) is 2.54. The summed E-state index contributed by atoms with van der Waals surface area (Å²) < 4.78 is 70.1. The van der Waals surface area contributed by atoms with Crippen molar-refractivity contribution in [3.63, 3.8) is 0 Å². The van der Waals surface area contributed by atoms with E-state index in [2.05, 4.69) is 15.4 Å². The van der Waals surface area contributed by atoms with Gasteiger partial charge in [0.15, 0.2) is 0 Å². The number of anilines is 3. The number of halogens is 5. The fraction of sp³-hybridized carbons (Fsp3) is 0.250. The lowest BCUT2D eigenvalue weighted by molar-refractivity contribution is -0.274. The monoisotopic (exact) mass is 576 g/mol. The molecule has 0 fully saturated rings. The average Bonchev–Trinajstić information content (AvgIpc) is 2.98. The number of hydrogen-bond donors (Lipinski definition) is 2. The molecule has 1 aliphatic rings. The highest BCUT2D eigenvalue weighted by Gasteiger charge is 2.38. The van der Waals surface area contributed by atoms with E-state index in [4.69, 9.17) is 0 Å². The van der Waals surface area contributed by atoms with Crippen LogP contribution in [0.1, 0.15) is 24.2 Å². The molecule has 0 aromatic heterocycles. The van der Waals surface area contributed by atoms with Crippen LogP contribution in [0.5, 0.6) is 5.75 Å². The summed E-state index contributed by atoms with van der Waals surface area (Å²) in [6, 6.07) is 12.0. The maximum absolute atomic E-state index is 14.2. The summed E-state index contributed by atoms with van der Waals surface area (Å²) in [5.74, 6) is -3.80. The average molecular weight is 577 g/mol. The van der Waals surface area contributed by atoms with Gasteiger partial charge in [-0.3, -0.25) is 14.4 Å². The molecule has 0 saturated heterocycles. The fourth-order valence-corrected chi connectivity index (χ4v) is 4.26. The summed E-state index contributed by atoms with van der Waals surface area (Å²) in [4.78, 5) is 42.0. The van der Waals surface area contributed by atoms with Crippen molar-refractivity contribution < 1.29 is 41.1 Å². The maximum atomic E-state index is 14.2. The molecule has 41 heavy (non-hydrogen) atoms. The summed E-state index contributed by atoms with van der Waals surface area (Å²) >= 11 is 0. The van der Waals surface area contributed by atoms with E-state index in [1.54, 1.807) is 0 Å². The Hall–Kier alpha value is -4.68. The van der Waals surface area contributed by atoms with Crippen molar-refractivity contribution in [3.05, 3.63) is 83.9 Å². The quantitative estimate of drug-likeness (QED) is 0.417. The normalized spacial score (nSPS) is 15.6. The third-order valence-corrected chi connectivity index (χ3v) is 6.35. The largest absolute Gasteiger partial charge is 0.573 e. The van der Waals surface area contributed by atoms with Crippen molar-refractivity contribution in [3.8, 4) is 5.75 Å². The molecular formula is C28H25F5N4O4. The Kier molecular flexibility index (Phi) is 7.91. The Morgan fingerprint density at radius 1 is 0.927 bits per heavy atom. The van der Waals surface area contributed by atoms with Gasteiger partial charge in [-0.05, 0) is 68.4 Å². The molecule has 0 bridgehead atoms. The summed E-state index contributed by atoms with van der Waals surface area (Å²) in [5, 5.41) is 5.13. The Balaban J connectivity index is 1.64. The Bertz CT molecular complexity index is 1480. The highest BCUT2D eigenvalue weighted by molar-refractivity contribution is 6.05. The second-order valence-electron chi connectivity index (χ2n) is 9.80. The third-order valence-electron chi connectivity index (χ3n) is 6.35. The number of nitrogens with one attached hydrogen (secondary N) is 2. The van der Waals surface area contributed by atoms with Crippen LogP contribution in [-0.4, -0.2) is 49.3 Å². The summed E-state index contributed by atoms with van der Waals surface area (Å²) in [6.07, 6.45) is -4.95. The zero-order valence-corrected chi connectivity index (χ0v) is 22.1. The first-order valence-electron chi connectivity index (χ1n) is 12.2. The minimum absolute atomic E-state index is 0.0992. The molecule has 3 amide bonds. The maximum Gasteiger partial charge on any atom is 0.573 e. The number of carbonyl (C=O) groups excluding carboxylic acids is 3. The standard InChI is InChI=1S/C28H25F5N4O4/c1-27(2,35-24(38)16-7-9-17(29)10-8-16)26(40)34-21-15-37(19-5-4-6-20(14-19)41-28(31,32)33)22-12-11-18(30)13-23(22)36(3)25(21)39/h4-14,21H,15H2,1-3H3,(H,34,40)(H,35,38)/t21-/m1/s1. The van der Waals surface area contributed by atoms with Gasteiger partial charge in [-0.2, -0.15) is 0 Å². The first kappa shape index (κ1) is 29.3. The zero-order chi connectivity index (χ0) is 30.1. The van der Waals surface area contributed by atoms with Gasteiger partial charge in [-0.15, -0.1) is 13.2 Å². The molecule has 2 N–H and O–H groups in total. The third kappa shape index (κ3) is 6.73. The molecule has 0 unspecified atom stereocenters. The van der Waals surface area contributed by atoms with Crippen molar-refractivity contribution in [2.75, 3.05) is 23.4 Å². The topological polar surface area (TPSA) is 91.0 Å². The molecule has 3 aromatic rings. The van der Waals surface area contributed by atoms with Gasteiger partial charge in [0.2, 0.25) is 5.91 Å². The predicted octanol–water partition coefficient (Wildman–Crippen LogP) is 4.67. The van der Waals surface area contributed by atoms with Gasteiger partial charge < -0.3 is 25.2 Å². The minimum Gasteiger partial charge on any atom is -0.406 e. The van der Waals surface area contributed by atoms with Crippen molar-refractivity contribution in [2.24, 2.45) is 0 Å². The number of rotatable bonds is 6. The predicted molar refractivity (Wildman–Crippen MR) is 140 cm³/mol. The smallest absolute Gasteiger partial charge is 0.406 e. The number of nitrogens with zero attached hydrogens (tertiary/aromatic N) is 2. The number of likely N-dealkylation sites (N-methyl/N-ethyl adjacent to an activating group) is 1. The van der Waals surface area contributed by atoms with Gasteiger partial charge in [0, 0.05) is 24.4 Å². The van der Waals surface area contributed by atoms with Crippen LogP contribution in [0, 0.1) is 11.6 Å². The molecule has 1 heterocycles. The minimum atomic E-state index is -4.95. The fourth-order valence-electron chi connectivity index (χ4n) is 4.26. The molecule has 0 radical (unpaired) electrons. The summed E-state index contributed by atoms with van der Waals surface area (Å²) in [5.41, 5.74) is -0.890. The number of benzene rings is 3. The van der Waals surface area contributed by atoms with Crippen molar-refractivity contribution in [1.29, 1.82) is 0 Å². The number of ether oxygens (including phenoxy) is 1. The van der Waals surface area contributed by atoms with Gasteiger partial charge >= 0.3 is 6.36 Å². The SMILES string of the molecule is CN1C(=O)[C@H](NC(=O)C(C)(C)NC(=O)c2ccc(F)cc2)CN(c2cccc(OC(F)(F)F)c2)c2ccc(F)cc21. The molecule has 0 saturated carbocycles. The van der Waals surface area contributed by atoms with Crippen molar-refractivity contribution in [2.45, 2.75) is 31.8 Å². The van der Waals surface area contributed by atoms with Gasteiger partial charge in [0.05, 0.1) is 17.9 Å². The number of carbonyl (C=O) groups is 3. The lowest BCUT2D eigenvalue weighted by Gasteiger charge is -2.30. The Morgan fingerprint density at radius 3 is 2.24 bits per heavy atom. The van der Waals surface area contributed by atoms with Crippen molar-refractivity contribution >= 4 is 34.8 Å². The lowest BCUT2D eigenvalue weighted by atomic mass is 10.0. The number of alkyl halides is 3. The van der Waals surface area contributed by atoms with Crippen LogP contribution in [0.2, 0.25) is 0 Å². The zero-order valence-electron chi connectivity index (χ0n) is 22.1. The van der Waals surface area contributed by atoms with E-state index in [0.29, 0.717) is 0 Å². The van der Waals surface area contributed by atoms with Gasteiger partial charge in [0.25, 0.3) is 11.8 Å². The van der Waals surface area contributed by atoms with Gasteiger partial charge in [-0.25, -0.2) is 8.78 Å². The van der Waals surface area contributed by atoms with E-state index in [1.807, 2.05) is 0 Å². The van der Waals surface area contributed by atoms with Crippen LogP contribution in [0.15, 0.2) is 66.7 Å². The highest BCUT2D eigenvalue weighted by atomic mass is 19.4. The lowest BCUT2D eigenvalue weighted by Crippen LogP contribution is -2.60. The van der Waals surface area contributed by atoms with E-state index in [1.165, 1.54) is 56.1 Å². The van der Waals surface area contributed by atoms with E-state index in [9.17, 15) is 36.3 Å². The Labute approximate surface area is 231 Å². The summed E-state index contributed by atoms with van der Waals surface area (Å²) in [7, 11) is 1.37. The van der Waals surface area contributed by atoms with Crippen LogP contribution < -0.4 is 25.2 Å². The molecule has 3 aromatic carbocycles. The van der Waals surface area contributed by atoms with Gasteiger partial charge in [0.1, 0.15) is 29.0 Å². The van der Waals surface area contributed by atoms with Gasteiger partial charge in [-0.1, -0.05) is 6.07 Å². The van der Waals surface area contributed by atoms with E-state index in [-0.39, 0.29) is 29.2 Å². The van der Waals surface area contributed by atoms with Crippen LogP contribution in [0.25, 0.3) is 0 Å². The molecule has 4 rings (SSSR count).